The molecule has 1 aliphatic rings. The van der Waals surface area contributed by atoms with E-state index in [1.54, 1.807) is 0 Å². The smallest absolute Gasteiger partial charge is 0.274 e. The number of hydrogen-bond acceptors (Lipinski definition) is 6. The highest BCUT2D eigenvalue weighted by Gasteiger charge is 2.32. The minimum Gasteiger partial charge on any atom is -0.440 e. The van der Waals surface area contributed by atoms with Gasteiger partial charge in [-0.15, -0.1) is 0 Å². The second kappa shape index (κ2) is 5.06. The van der Waals surface area contributed by atoms with Gasteiger partial charge in [0.15, 0.2) is 21.9 Å². The van der Waals surface area contributed by atoms with Crippen LogP contribution in [0.25, 0.3) is 0 Å². The summed E-state index contributed by atoms with van der Waals surface area (Å²) in [6.07, 6.45) is 1.38. The molecule has 1 aromatic heterocycles. The van der Waals surface area contributed by atoms with Gasteiger partial charge in [0.2, 0.25) is 5.09 Å². The number of nitrogens with one attached hydrogen (secondary N) is 1. The normalized spacial score (nSPS) is 22.4. The Balaban J connectivity index is 2.08. The maximum Gasteiger partial charge on any atom is 0.274 e. The molecule has 1 atom stereocenters. The van der Waals surface area contributed by atoms with Crippen molar-refractivity contribution in [3.8, 4) is 0 Å². The molecule has 0 bridgehead atoms. The van der Waals surface area contributed by atoms with Crippen molar-refractivity contribution in [3.05, 3.63) is 17.9 Å². The summed E-state index contributed by atoms with van der Waals surface area (Å²) in [7, 11) is -7.13. The molecule has 1 fully saturated rings. The molecule has 0 amide bonds. The van der Waals surface area contributed by atoms with Crippen LogP contribution >= 0.6 is 0 Å². The van der Waals surface area contributed by atoms with Crippen LogP contribution in [0.2, 0.25) is 0 Å². The molecule has 1 unspecified atom stereocenters. The number of aldehydes is 1. The van der Waals surface area contributed by atoms with Crippen LogP contribution in [0, 0.1) is 0 Å². The first kappa shape index (κ1) is 14.2. The molecule has 106 valence electrons. The van der Waals surface area contributed by atoms with E-state index in [2.05, 4.69) is 4.72 Å². The first-order valence-electron chi connectivity index (χ1n) is 5.61. The average Bonchev–Trinajstić information content (AvgIpc) is 2.93. The van der Waals surface area contributed by atoms with Gasteiger partial charge < -0.3 is 4.42 Å². The zero-order valence-corrected chi connectivity index (χ0v) is 11.5. The molecule has 0 aliphatic carbocycles. The number of carbonyl (C=O) groups is 1. The zero-order valence-electron chi connectivity index (χ0n) is 9.90. The summed E-state index contributed by atoms with van der Waals surface area (Å²) >= 11 is 0. The first-order chi connectivity index (χ1) is 8.85. The van der Waals surface area contributed by atoms with Crippen molar-refractivity contribution in [2.75, 3.05) is 12.3 Å². The number of rotatable bonds is 5. The number of furan rings is 1. The van der Waals surface area contributed by atoms with Crippen LogP contribution in [-0.2, 0) is 19.9 Å². The maximum absolute atomic E-state index is 11.8. The maximum atomic E-state index is 11.8. The van der Waals surface area contributed by atoms with E-state index in [1.807, 2.05) is 0 Å². The van der Waals surface area contributed by atoms with Crippen molar-refractivity contribution in [3.63, 3.8) is 0 Å². The van der Waals surface area contributed by atoms with E-state index < -0.39 is 30.2 Å². The fraction of sp³-hybridized carbons (Fsp3) is 0.500. The molecular formula is C10H13NO6S2. The van der Waals surface area contributed by atoms with E-state index in [1.165, 1.54) is 6.07 Å². The number of carbonyl (C=O) groups excluding carboxylic acids is 1. The van der Waals surface area contributed by atoms with Crippen molar-refractivity contribution >= 4 is 26.1 Å². The van der Waals surface area contributed by atoms with Gasteiger partial charge in [0, 0.05) is 6.54 Å². The third kappa shape index (κ3) is 3.04. The zero-order chi connectivity index (χ0) is 14.1. The van der Waals surface area contributed by atoms with E-state index in [4.69, 9.17) is 4.42 Å². The van der Waals surface area contributed by atoms with Crippen LogP contribution in [0.5, 0.6) is 0 Å². The standard InChI is InChI=1S/C10H13NO6S2/c12-7-8-3-4-10(17-8)19(15,16)11-6-9-2-1-5-18(9,13)14/h3-4,7,9,11H,1-2,5-6H2. The predicted molar refractivity (Wildman–Crippen MR) is 66.1 cm³/mol. The van der Waals surface area contributed by atoms with Gasteiger partial charge in [-0.25, -0.2) is 21.6 Å². The van der Waals surface area contributed by atoms with E-state index >= 15 is 0 Å². The van der Waals surface area contributed by atoms with Gasteiger partial charge in [0.05, 0.1) is 11.0 Å². The van der Waals surface area contributed by atoms with Crippen molar-refractivity contribution < 1.29 is 26.0 Å². The number of sulfone groups is 1. The molecule has 2 heterocycles. The van der Waals surface area contributed by atoms with Crippen molar-refractivity contribution in [2.45, 2.75) is 23.2 Å². The molecule has 2 rings (SSSR count). The van der Waals surface area contributed by atoms with Gasteiger partial charge in [-0.3, -0.25) is 4.79 Å². The summed E-state index contributed by atoms with van der Waals surface area (Å²) in [6, 6.07) is 2.38. The van der Waals surface area contributed by atoms with Crippen LogP contribution in [0.4, 0.5) is 0 Å². The lowest BCUT2D eigenvalue weighted by Gasteiger charge is -2.09. The minimum absolute atomic E-state index is 0.0927. The Bertz CT molecular complexity index is 673. The van der Waals surface area contributed by atoms with Crippen LogP contribution in [0.1, 0.15) is 23.4 Å². The molecule has 19 heavy (non-hydrogen) atoms. The van der Waals surface area contributed by atoms with Crippen LogP contribution < -0.4 is 4.72 Å². The Hall–Kier alpha value is -1.19. The average molecular weight is 307 g/mol. The monoisotopic (exact) mass is 307 g/mol. The Morgan fingerprint density at radius 1 is 1.42 bits per heavy atom. The van der Waals surface area contributed by atoms with E-state index in [9.17, 15) is 21.6 Å². The minimum atomic E-state index is -3.93. The molecule has 9 heteroatoms. The second-order valence-corrected chi connectivity index (χ2v) is 8.36. The van der Waals surface area contributed by atoms with Crippen LogP contribution in [-0.4, -0.2) is 40.7 Å². The number of sulfonamides is 1. The molecule has 0 saturated carbocycles. The van der Waals surface area contributed by atoms with Gasteiger partial charge in [0.1, 0.15) is 0 Å². The second-order valence-electron chi connectivity index (χ2n) is 4.26. The van der Waals surface area contributed by atoms with Crippen molar-refractivity contribution in [1.29, 1.82) is 0 Å². The highest BCUT2D eigenvalue weighted by atomic mass is 32.2. The van der Waals surface area contributed by atoms with E-state index in [0.29, 0.717) is 19.1 Å². The van der Waals surface area contributed by atoms with Gasteiger partial charge in [-0.2, -0.15) is 0 Å². The lowest BCUT2D eigenvalue weighted by molar-refractivity contribution is 0.109. The lowest BCUT2D eigenvalue weighted by atomic mass is 10.2. The van der Waals surface area contributed by atoms with Crippen LogP contribution in [0.15, 0.2) is 21.6 Å². The quantitative estimate of drug-likeness (QED) is 0.763. The topological polar surface area (TPSA) is 111 Å². The predicted octanol–water partition coefficient (Wildman–Crippen LogP) is -0.0524. The molecule has 1 saturated heterocycles. The van der Waals surface area contributed by atoms with Crippen molar-refractivity contribution in [2.24, 2.45) is 0 Å². The Kier molecular flexibility index (Phi) is 3.79. The Labute approximate surface area is 111 Å². The molecule has 0 aromatic carbocycles. The molecule has 0 radical (unpaired) electrons. The molecule has 0 spiro atoms. The summed E-state index contributed by atoms with van der Waals surface area (Å²) in [5, 5.41) is -1.09. The molecule has 7 nitrogen and oxygen atoms in total. The fourth-order valence-corrected chi connectivity index (χ4v) is 4.79. The van der Waals surface area contributed by atoms with E-state index in [0.717, 1.165) is 6.07 Å². The van der Waals surface area contributed by atoms with Gasteiger partial charge in [-0.05, 0) is 25.0 Å². The third-order valence-electron chi connectivity index (χ3n) is 2.95. The SMILES string of the molecule is O=Cc1ccc(S(=O)(=O)NCC2CCCS2(=O)=O)o1. The third-order valence-corrected chi connectivity index (χ3v) is 6.52. The summed E-state index contributed by atoms with van der Waals surface area (Å²) < 4.78 is 53.7. The Morgan fingerprint density at radius 2 is 2.16 bits per heavy atom. The molecule has 1 aliphatic heterocycles. The summed E-state index contributed by atoms with van der Waals surface area (Å²) in [5.41, 5.74) is 0. The molecule has 1 aromatic rings. The summed E-state index contributed by atoms with van der Waals surface area (Å²) in [6.45, 7) is -0.179. The molecule has 1 N–H and O–H groups in total. The Morgan fingerprint density at radius 3 is 2.68 bits per heavy atom. The van der Waals surface area contributed by atoms with E-state index in [-0.39, 0.29) is 18.1 Å². The molecular weight excluding hydrogens is 294 g/mol. The lowest BCUT2D eigenvalue weighted by Crippen LogP contribution is -2.34. The largest absolute Gasteiger partial charge is 0.440 e. The highest BCUT2D eigenvalue weighted by molar-refractivity contribution is 7.92. The van der Waals surface area contributed by atoms with Gasteiger partial charge >= 0.3 is 0 Å². The highest BCUT2D eigenvalue weighted by Crippen LogP contribution is 2.20. The summed E-state index contributed by atoms with van der Waals surface area (Å²) in [5.74, 6) is -0.0102. The van der Waals surface area contributed by atoms with Crippen LogP contribution in [0.3, 0.4) is 0 Å². The first-order valence-corrected chi connectivity index (χ1v) is 8.81. The fourth-order valence-electron chi connectivity index (χ4n) is 1.90. The van der Waals surface area contributed by atoms with Gasteiger partial charge in [0.25, 0.3) is 10.0 Å². The van der Waals surface area contributed by atoms with Crippen molar-refractivity contribution in [1.82, 2.24) is 4.72 Å². The number of hydrogen-bond donors (Lipinski definition) is 1. The summed E-state index contributed by atoms with van der Waals surface area (Å²) in [4.78, 5) is 10.4. The van der Waals surface area contributed by atoms with Gasteiger partial charge in [-0.1, -0.05) is 0 Å².